The van der Waals surface area contributed by atoms with Gasteiger partial charge in [0.1, 0.15) is 18.4 Å². The molecular weight excluding hydrogens is 564 g/mol. The first-order valence-electron chi connectivity index (χ1n) is 12.3. The summed E-state index contributed by atoms with van der Waals surface area (Å²) in [5.74, 6) is 1.75. The molecule has 39 heavy (non-hydrogen) atoms. The van der Waals surface area contributed by atoms with Crippen molar-refractivity contribution >= 4 is 33.5 Å². The topological polar surface area (TPSA) is 112 Å². The highest BCUT2D eigenvalue weighted by atomic mass is 79.9. The van der Waals surface area contributed by atoms with Crippen molar-refractivity contribution in [1.82, 2.24) is 20.2 Å². The van der Waals surface area contributed by atoms with Gasteiger partial charge in [-0.3, -0.25) is 4.79 Å². The smallest absolute Gasteiger partial charge is 0.255 e. The minimum Gasteiger partial charge on any atom is -0.495 e. The van der Waals surface area contributed by atoms with Gasteiger partial charge >= 0.3 is 0 Å². The minimum atomic E-state index is -0.648. The molecule has 1 aliphatic rings. The number of allylic oxidation sites excluding steroid dienone is 1. The van der Waals surface area contributed by atoms with Crippen LogP contribution in [-0.2, 0) is 11.4 Å². The fourth-order valence-corrected chi connectivity index (χ4v) is 5.00. The Bertz CT molecular complexity index is 1520. The number of hydrogen-bond acceptors (Lipinski definition) is 8. The highest BCUT2D eigenvalue weighted by molar-refractivity contribution is 9.10. The number of para-hydroxylation sites is 2. The average Bonchev–Trinajstić information content (AvgIpc) is 3.40. The molecule has 0 bridgehead atoms. The second kappa shape index (κ2) is 11.6. The van der Waals surface area contributed by atoms with Gasteiger partial charge in [0.2, 0.25) is 5.95 Å². The third kappa shape index (κ3) is 5.44. The molecule has 2 heterocycles. The largest absolute Gasteiger partial charge is 0.495 e. The van der Waals surface area contributed by atoms with Crippen LogP contribution >= 0.6 is 15.9 Å². The number of hydrogen-bond donors (Lipinski definition) is 2. The zero-order valence-electron chi connectivity index (χ0n) is 21.6. The van der Waals surface area contributed by atoms with E-state index in [0.29, 0.717) is 57.8 Å². The van der Waals surface area contributed by atoms with Gasteiger partial charge < -0.3 is 24.8 Å². The van der Waals surface area contributed by atoms with Gasteiger partial charge in [-0.1, -0.05) is 47.6 Å². The van der Waals surface area contributed by atoms with Crippen LogP contribution in [0, 0.1) is 0 Å². The summed E-state index contributed by atoms with van der Waals surface area (Å²) < 4.78 is 19.8. The van der Waals surface area contributed by atoms with E-state index < -0.39 is 6.04 Å². The number of amides is 1. The van der Waals surface area contributed by atoms with Gasteiger partial charge in [0.05, 0.1) is 29.4 Å². The van der Waals surface area contributed by atoms with Gasteiger partial charge in [-0.2, -0.15) is 4.68 Å². The number of aromatic nitrogens is 4. The predicted octanol–water partition coefficient (Wildman–Crippen LogP) is 5.35. The van der Waals surface area contributed by atoms with Crippen molar-refractivity contribution in [1.29, 1.82) is 0 Å². The number of fused-ring (bicyclic) bond motifs is 1. The van der Waals surface area contributed by atoms with E-state index in [9.17, 15) is 4.79 Å². The zero-order valence-corrected chi connectivity index (χ0v) is 23.2. The fourth-order valence-electron chi connectivity index (χ4n) is 4.43. The maximum atomic E-state index is 13.8. The Morgan fingerprint density at radius 2 is 1.85 bits per heavy atom. The second-order valence-corrected chi connectivity index (χ2v) is 9.56. The molecule has 2 N–H and O–H groups in total. The molecule has 1 unspecified atom stereocenters. The van der Waals surface area contributed by atoms with E-state index in [-0.39, 0.29) is 5.91 Å². The van der Waals surface area contributed by atoms with Crippen LogP contribution in [-0.4, -0.2) is 39.8 Å². The van der Waals surface area contributed by atoms with Crippen LogP contribution in [0.5, 0.6) is 17.2 Å². The Morgan fingerprint density at radius 1 is 1.08 bits per heavy atom. The highest BCUT2D eigenvalue weighted by Gasteiger charge is 2.35. The first kappa shape index (κ1) is 26.2. The summed E-state index contributed by atoms with van der Waals surface area (Å²) in [5.41, 5.74) is 3.37. The van der Waals surface area contributed by atoms with Gasteiger partial charge in [0.25, 0.3) is 5.91 Å². The van der Waals surface area contributed by atoms with Crippen molar-refractivity contribution in [2.45, 2.75) is 26.5 Å². The highest BCUT2D eigenvalue weighted by Crippen LogP contribution is 2.43. The van der Waals surface area contributed by atoms with Crippen LogP contribution in [0.3, 0.4) is 0 Å². The minimum absolute atomic E-state index is 0.325. The maximum Gasteiger partial charge on any atom is 0.255 e. The number of ether oxygens (including phenoxy) is 3. The molecule has 0 saturated carbocycles. The van der Waals surface area contributed by atoms with Crippen LogP contribution in [0.15, 0.2) is 82.5 Å². The van der Waals surface area contributed by atoms with E-state index in [1.165, 1.54) is 0 Å². The molecule has 0 radical (unpaired) electrons. The van der Waals surface area contributed by atoms with Gasteiger partial charge in [0.15, 0.2) is 11.5 Å². The molecule has 4 aromatic rings. The Balaban J connectivity index is 1.54. The summed E-state index contributed by atoms with van der Waals surface area (Å²) in [5, 5.41) is 18.2. The molecule has 0 fully saturated rings. The molecule has 0 aliphatic carbocycles. The molecule has 1 aromatic heterocycles. The lowest BCUT2D eigenvalue weighted by Crippen LogP contribution is -2.31. The maximum absolute atomic E-state index is 13.8. The number of halogens is 1. The summed E-state index contributed by atoms with van der Waals surface area (Å²) >= 11 is 3.67. The fraction of sp³-hybridized carbons (Fsp3) is 0.214. The lowest BCUT2D eigenvalue weighted by atomic mass is 9.94. The van der Waals surface area contributed by atoms with Crippen molar-refractivity contribution in [2.24, 2.45) is 0 Å². The number of carbonyl (C=O) groups excluding carboxylic acids is 1. The number of anilines is 2. The Kier molecular flexibility index (Phi) is 7.78. The average molecular weight is 591 g/mol. The van der Waals surface area contributed by atoms with E-state index in [4.69, 9.17) is 14.2 Å². The van der Waals surface area contributed by atoms with Crippen LogP contribution in [0.1, 0.15) is 31.0 Å². The molecule has 3 aromatic carbocycles. The van der Waals surface area contributed by atoms with Gasteiger partial charge in [-0.25, -0.2) is 0 Å². The Morgan fingerprint density at radius 3 is 2.62 bits per heavy atom. The summed E-state index contributed by atoms with van der Waals surface area (Å²) in [6, 6.07) is 20.2. The summed E-state index contributed by atoms with van der Waals surface area (Å²) in [4.78, 5) is 13.8. The molecule has 200 valence electrons. The Hall–Kier alpha value is -4.38. The first-order valence-corrected chi connectivity index (χ1v) is 13.1. The lowest BCUT2D eigenvalue weighted by Gasteiger charge is -2.29. The van der Waals surface area contributed by atoms with E-state index in [0.717, 1.165) is 11.1 Å². The summed E-state index contributed by atoms with van der Waals surface area (Å²) in [6.07, 6.45) is 0. The Labute approximate surface area is 234 Å². The number of rotatable bonds is 9. The number of carbonyl (C=O) groups is 1. The molecule has 1 atom stereocenters. The molecule has 1 amide bonds. The molecule has 10 nitrogen and oxygen atoms in total. The summed E-state index contributed by atoms with van der Waals surface area (Å²) in [6.45, 7) is 4.52. The number of tetrazole rings is 1. The van der Waals surface area contributed by atoms with Gasteiger partial charge in [0, 0.05) is 5.70 Å². The quantitative estimate of drug-likeness (QED) is 0.268. The van der Waals surface area contributed by atoms with Crippen LogP contribution < -0.4 is 24.8 Å². The third-order valence-corrected chi connectivity index (χ3v) is 6.78. The first-order chi connectivity index (χ1) is 19.0. The van der Waals surface area contributed by atoms with Crippen LogP contribution in [0.4, 0.5) is 11.6 Å². The standard InChI is InChI=1S/C28H27BrN6O4/c1-4-38-23-15-19(14-20(29)26(23)39-16-18-10-6-5-7-11-18)25-24(17(2)30-28-32-33-34-35(25)28)27(36)31-21-12-8-9-13-22(21)37-3/h5-15,25H,4,16H2,1-3H3,(H,31,36)(H,30,32,34). The number of methoxy groups -OCH3 is 1. The molecule has 0 saturated heterocycles. The van der Waals surface area contributed by atoms with E-state index in [1.54, 1.807) is 23.9 Å². The van der Waals surface area contributed by atoms with Crippen LogP contribution in [0.25, 0.3) is 0 Å². The second-order valence-electron chi connectivity index (χ2n) is 8.70. The van der Waals surface area contributed by atoms with E-state index in [1.807, 2.05) is 68.4 Å². The van der Waals surface area contributed by atoms with Gasteiger partial charge in [-0.05, 0) is 75.6 Å². The normalized spacial score (nSPS) is 14.3. The van der Waals surface area contributed by atoms with Crippen molar-refractivity contribution in [3.05, 3.63) is 93.6 Å². The van der Waals surface area contributed by atoms with Crippen LogP contribution in [0.2, 0.25) is 0 Å². The third-order valence-electron chi connectivity index (χ3n) is 6.19. The van der Waals surface area contributed by atoms with Crippen molar-refractivity contribution in [2.75, 3.05) is 24.4 Å². The summed E-state index contributed by atoms with van der Waals surface area (Å²) in [7, 11) is 1.56. The van der Waals surface area contributed by atoms with E-state index >= 15 is 0 Å². The van der Waals surface area contributed by atoms with Crippen molar-refractivity contribution in [3.8, 4) is 17.2 Å². The zero-order chi connectivity index (χ0) is 27.4. The monoisotopic (exact) mass is 590 g/mol. The molecule has 11 heteroatoms. The SMILES string of the molecule is CCOc1cc(C2C(C(=O)Nc3ccccc3OC)=C(C)Nc3nnnn32)cc(Br)c1OCc1ccccc1. The van der Waals surface area contributed by atoms with Gasteiger partial charge in [-0.15, -0.1) is 0 Å². The van der Waals surface area contributed by atoms with Crippen molar-refractivity contribution < 1.29 is 19.0 Å². The molecule has 5 rings (SSSR count). The number of nitrogens with zero attached hydrogens (tertiary/aromatic N) is 4. The number of benzene rings is 3. The molecular formula is C28H27BrN6O4. The van der Waals surface area contributed by atoms with E-state index in [2.05, 4.69) is 42.1 Å². The number of nitrogens with one attached hydrogen (secondary N) is 2. The lowest BCUT2D eigenvalue weighted by molar-refractivity contribution is -0.113. The molecule has 1 aliphatic heterocycles. The predicted molar refractivity (Wildman–Crippen MR) is 150 cm³/mol. The van der Waals surface area contributed by atoms with Crippen molar-refractivity contribution in [3.63, 3.8) is 0 Å². The molecule has 0 spiro atoms.